The Morgan fingerprint density at radius 2 is 1.53 bits per heavy atom. The smallest absolute Gasteiger partial charge is 0.338 e. The lowest BCUT2D eigenvalue weighted by molar-refractivity contribution is -0.114. The average Bonchev–Trinajstić information content (AvgIpc) is 3.05. The van der Waals surface area contributed by atoms with Gasteiger partial charge in [-0.25, -0.2) is 4.79 Å². The Balaban J connectivity index is 1.36. The summed E-state index contributed by atoms with van der Waals surface area (Å²) in [7, 11) is 0. The molecule has 0 aliphatic carbocycles. The number of carbonyl (C=O) groups excluding carboxylic acids is 4. The minimum atomic E-state index is -0.500. The van der Waals surface area contributed by atoms with Crippen LogP contribution >= 0.6 is 27.7 Å². The van der Waals surface area contributed by atoms with Crippen molar-refractivity contribution in [2.75, 3.05) is 23.0 Å². The minimum Gasteiger partial charge on any atom is -0.462 e. The normalized spacial score (nSPS) is 10.9. The maximum absolute atomic E-state index is 13.4. The van der Waals surface area contributed by atoms with E-state index < -0.39 is 17.8 Å². The van der Waals surface area contributed by atoms with Gasteiger partial charge in [-0.2, -0.15) is 0 Å². The molecule has 0 aliphatic heterocycles. The highest BCUT2D eigenvalue weighted by Gasteiger charge is 2.16. The summed E-state index contributed by atoms with van der Waals surface area (Å²) in [6.45, 7) is 2.40. The fourth-order valence-electron chi connectivity index (χ4n) is 3.96. The van der Waals surface area contributed by atoms with Crippen molar-refractivity contribution < 1.29 is 23.9 Å². The van der Waals surface area contributed by atoms with Crippen LogP contribution in [0.2, 0.25) is 0 Å². The van der Waals surface area contributed by atoms with Crippen LogP contribution in [0, 0.1) is 0 Å². The Morgan fingerprint density at radius 3 is 2.24 bits per heavy atom. The van der Waals surface area contributed by atoms with Gasteiger partial charge in [0.05, 0.1) is 17.9 Å². The van der Waals surface area contributed by atoms with E-state index in [9.17, 15) is 19.2 Å². The zero-order valence-electron chi connectivity index (χ0n) is 24.5. The van der Waals surface area contributed by atoms with Crippen LogP contribution in [0.15, 0.2) is 118 Å². The van der Waals surface area contributed by atoms with E-state index in [1.54, 1.807) is 72.8 Å². The molecular weight excluding hydrogens is 654 g/mol. The van der Waals surface area contributed by atoms with E-state index in [-0.39, 0.29) is 17.4 Å². The largest absolute Gasteiger partial charge is 0.462 e. The Labute approximate surface area is 274 Å². The maximum Gasteiger partial charge on any atom is 0.338 e. The number of hydrogen-bond acceptors (Lipinski definition) is 6. The Bertz CT molecular complexity index is 1660. The Hall–Kier alpha value is -4.67. The number of nitrogens with one attached hydrogen (secondary N) is 3. The highest BCUT2D eigenvalue weighted by molar-refractivity contribution is 9.10. The number of benzene rings is 4. The summed E-state index contributed by atoms with van der Waals surface area (Å²) in [4.78, 5) is 51.7. The summed E-state index contributed by atoms with van der Waals surface area (Å²) < 4.78 is 6.10. The van der Waals surface area contributed by atoms with Crippen LogP contribution in [0.3, 0.4) is 0 Å². The van der Waals surface area contributed by atoms with Gasteiger partial charge in [0.15, 0.2) is 0 Å². The number of halogens is 1. The van der Waals surface area contributed by atoms with E-state index in [0.29, 0.717) is 29.1 Å². The number of esters is 1. The van der Waals surface area contributed by atoms with Crippen LogP contribution in [0.1, 0.15) is 46.0 Å². The van der Waals surface area contributed by atoms with Gasteiger partial charge in [0.2, 0.25) is 5.91 Å². The van der Waals surface area contributed by atoms with Crippen LogP contribution in [-0.4, -0.2) is 36.1 Å². The molecule has 8 nitrogen and oxygen atoms in total. The zero-order chi connectivity index (χ0) is 32.0. The van der Waals surface area contributed by atoms with Crippen molar-refractivity contribution in [2.24, 2.45) is 0 Å². The molecular formula is C35H32BrN3O5S. The lowest BCUT2D eigenvalue weighted by Crippen LogP contribution is -2.30. The second-order valence-corrected chi connectivity index (χ2v) is 11.8. The Kier molecular flexibility index (Phi) is 12.5. The summed E-state index contributed by atoms with van der Waals surface area (Å²) in [5.41, 5.74) is 2.71. The van der Waals surface area contributed by atoms with Gasteiger partial charge >= 0.3 is 5.97 Å². The molecule has 0 unspecified atom stereocenters. The van der Waals surface area contributed by atoms with Gasteiger partial charge in [-0.3, -0.25) is 14.4 Å². The van der Waals surface area contributed by atoms with Gasteiger partial charge in [-0.1, -0.05) is 65.7 Å². The van der Waals surface area contributed by atoms with Crippen molar-refractivity contribution in [1.29, 1.82) is 0 Å². The molecule has 3 amide bonds. The lowest BCUT2D eigenvalue weighted by atomic mass is 10.1. The third-order valence-corrected chi connectivity index (χ3v) is 7.83. The van der Waals surface area contributed by atoms with Crippen LogP contribution in [-0.2, 0) is 14.3 Å². The first-order valence-corrected chi connectivity index (χ1v) is 16.0. The number of rotatable bonds is 13. The molecule has 4 aromatic carbocycles. The first-order chi connectivity index (χ1) is 21.8. The molecule has 0 heterocycles. The molecule has 0 aromatic heterocycles. The van der Waals surface area contributed by atoms with E-state index in [1.807, 2.05) is 43.3 Å². The van der Waals surface area contributed by atoms with Gasteiger partial charge in [0.25, 0.3) is 11.8 Å². The molecule has 0 bridgehead atoms. The predicted octanol–water partition coefficient (Wildman–Crippen LogP) is 7.55. The molecule has 4 rings (SSSR count). The zero-order valence-corrected chi connectivity index (χ0v) is 27.0. The van der Waals surface area contributed by atoms with Crippen molar-refractivity contribution in [3.05, 3.63) is 130 Å². The molecule has 10 heteroatoms. The fraction of sp³-hybridized carbons (Fsp3) is 0.143. The van der Waals surface area contributed by atoms with Gasteiger partial charge in [0, 0.05) is 26.3 Å². The molecule has 0 saturated carbocycles. The summed E-state index contributed by atoms with van der Waals surface area (Å²) in [6, 6.07) is 29.6. The highest BCUT2D eigenvalue weighted by atomic mass is 79.9. The van der Waals surface area contributed by atoms with E-state index in [4.69, 9.17) is 4.74 Å². The predicted molar refractivity (Wildman–Crippen MR) is 182 cm³/mol. The molecule has 3 N–H and O–H groups in total. The molecule has 4 aromatic rings. The second kappa shape index (κ2) is 17.0. The summed E-state index contributed by atoms with van der Waals surface area (Å²) >= 11 is 4.71. The van der Waals surface area contributed by atoms with Crippen molar-refractivity contribution in [1.82, 2.24) is 5.32 Å². The number of carbonyl (C=O) groups is 4. The van der Waals surface area contributed by atoms with Gasteiger partial charge in [-0.05, 0) is 84.8 Å². The molecule has 0 saturated heterocycles. The number of hydrogen-bond donors (Lipinski definition) is 3. The first kappa shape index (κ1) is 33.2. The van der Waals surface area contributed by atoms with E-state index in [2.05, 4.69) is 31.9 Å². The number of amides is 3. The van der Waals surface area contributed by atoms with Gasteiger partial charge in [0.1, 0.15) is 5.70 Å². The van der Waals surface area contributed by atoms with Crippen molar-refractivity contribution >= 4 is 68.8 Å². The fourth-order valence-corrected chi connectivity index (χ4v) is 4.98. The van der Waals surface area contributed by atoms with Gasteiger partial charge < -0.3 is 20.7 Å². The van der Waals surface area contributed by atoms with E-state index in [1.165, 1.54) is 11.8 Å². The molecule has 0 spiro atoms. The average molecular weight is 687 g/mol. The quantitative estimate of drug-likeness (QED) is 0.0580. The van der Waals surface area contributed by atoms with E-state index in [0.717, 1.165) is 27.8 Å². The molecule has 0 aliphatic rings. The maximum atomic E-state index is 13.4. The first-order valence-electron chi connectivity index (χ1n) is 14.3. The standard InChI is InChI=1S/C35H32BrN3O5S/c1-2-3-20-44-35(43)26-14-18-28(19-15-26)37-32(40)23-45-30-11-7-10-29(22-30)38-34(42)31(21-24-12-16-27(36)17-13-24)39-33(41)25-8-5-4-6-9-25/h4-19,21-22H,2-3,20,23H2,1H3,(H,37,40)(H,38,42)(H,39,41)/b31-21-. The summed E-state index contributed by atoms with van der Waals surface area (Å²) in [5.74, 6) is -1.40. The minimum absolute atomic E-state index is 0.0730. The molecule has 0 radical (unpaired) electrons. The number of unbranched alkanes of at least 4 members (excludes halogenated alkanes) is 1. The van der Waals surface area contributed by atoms with Crippen molar-refractivity contribution in [3.63, 3.8) is 0 Å². The van der Waals surface area contributed by atoms with Gasteiger partial charge in [-0.15, -0.1) is 11.8 Å². The van der Waals surface area contributed by atoms with Crippen LogP contribution in [0.4, 0.5) is 11.4 Å². The monoisotopic (exact) mass is 685 g/mol. The third-order valence-electron chi connectivity index (χ3n) is 6.31. The second-order valence-electron chi connectivity index (χ2n) is 9.82. The SMILES string of the molecule is CCCCOC(=O)c1ccc(NC(=O)CSc2cccc(NC(=O)/C(=C/c3ccc(Br)cc3)NC(=O)c3ccccc3)c2)cc1. The number of ether oxygens (including phenoxy) is 1. The highest BCUT2D eigenvalue weighted by Crippen LogP contribution is 2.23. The van der Waals surface area contributed by atoms with Crippen LogP contribution in [0.5, 0.6) is 0 Å². The topological polar surface area (TPSA) is 114 Å². The number of thioether (sulfide) groups is 1. The Morgan fingerprint density at radius 1 is 0.800 bits per heavy atom. The molecule has 0 fully saturated rings. The lowest BCUT2D eigenvalue weighted by Gasteiger charge is -2.12. The summed E-state index contributed by atoms with van der Waals surface area (Å²) in [5, 5.41) is 8.39. The third kappa shape index (κ3) is 10.8. The molecule has 230 valence electrons. The van der Waals surface area contributed by atoms with Crippen molar-refractivity contribution in [3.8, 4) is 0 Å². The van der Waals surface area contributed by atoms with Crippen LogP contribution < -0.4 is 16.0 Å². The molecule has 0 atom stereocenters. The van der Waals surface area contributed by atoms with E-state index >= 15 is 0 Å². The number of anilines is 2. The van der Waals surface area contributed by atoms with Crippen molar-refractivity contribution in [2.45, 2.75) is 24.7 Å². The van der Waals surface area contributed by atoms with Crippen LogP contribution in [0.25, 0.3) is 6.08 Å². The summed E-state index contributed by atoms with van der Waals surface area (Å²) in [6.07, 6.45) is 3.35. The molecule has 45 heavy (non-hydrogen) atoms.